The molecule has 2 heterocycles. The summed E-state index contributed by atoms with van der Waals surface area (Å²) in [6.07, 6.45) is 1.75. The molecule has 210 valence electrons. The van der Waals surface area contributed by atoms with Gasteiger partial charge in [-0.3, -0.25) is 9.36 Å². The van der Waals surface area contributed by atoms with Crippen molar-refractivity contribution in [2.24, 2.45) is 4.99 Å². The van der Waals surface area contributed by atoms with Crippen molar-refractivity contribution in [3.8, 4) is 11.5 Å². The SMILES string of the molecule is COC(=O)C1=C(C)N=c2s/c(=C\c3ccccc3OCc3ccc(Cl)c(Cl)c3)c(=O)n2[C@H]1c1cc(Cl)ccc1OC. The molecule has 1 atom stereocenters. The van der Waals surface area contributed by atoms with Crippen LogP contribution in [0.15, 0.2) is 81.7 Å². The van der Waals surface area contributed by atoms with E-state index in [9.17, 15) is 9.59 Å². The van der Waals surface area contributed by atoms with Gasteiger partial charge in [0, 0.05) is 16.1 Å². The van der Waals surface area contributed by atoms with Crippen molar-refractivity contribution < 1.29 is 19.0 Å². The molecule has 0 unspecified atom stereocenters. The number of esters is 1. The van der Waals surface area contributed by atoms with Gasteiger partial charge in [-0.1, -0.05) is 70.4 Å². The third-order valence-corrected chi connectivity index (χ3v) is 8.45. The second-order valence-electron chi connectivity index (χ2n) is 9.03. The Hall–Kier alpha value is -3.56. The maximum absolute atomic E-state index is 14.0. The molecule has 5 rings (SSSR count). The number of carbonyl (C=O) groups excluding carboxylic acids is 1. The van der Waals surface area contributed by atoms with Gasteiger partial charge < -0.3 is 14.2 Å². The van der Waals surface area contributed by atoms with Crippen molar-refractivity contribution in [2.45, 2.75) is 19.6 Å². The van der Waals surface area contributed by atoms with Gasteiger partial charge in [0.1, 0.15) is 24.1 Å². The van der Waals surface area contributed by atoms with E-state index in [2.05, 4.69) is 4.99 Å². The van der Waals surface area contributed by atoms with E-state index < -0.39 is 12.0 Å². The Balaban J connectivity index is 1.62. The average Bonchev–Trinajstić information content (AvgIpc) is 3.27. The van der Waals surface area contributed by atoms with E-state index in [1.54, 1.807) is 43.3 Å². The van der Waals surface area contributed by atoms with Crippen molar-refractivity contribution in [3.05, 3.63) is 123 Å². The molecule has 0 aliphatic carbocycles. The molecule has 0 saturated carbocycles. The summed E-state index contributed by atoms with van der Waals surface area (Å²) in [6, 6.07) is 16.8. The number of fused-ring (bicyclic) bond motifs is 1. The Bertz CT molecular complexity index is 1880. The third-order valence-electron chi connectivity index (χ3n) is 6.50. The van der Waals surface area contributed by atoms with Crippen LogP contribution in [0.25, 0.3) is 6.08 Å². The minimum atomic E-state index is -0.865. The predicted octanol–water partition coefficient (Wildman–Crippen LogP) is 5.96. The van der Waals surface area contributed by atoms with Gasteiger partial charge in [0.2, 0.25) is 0 Å². The Morgan fingerprint density at radius 3 is 2.54 bits per heavy atom. The first-order valence-electron chi connectivity index (χ1n) is 12.3. The number of rotatable bonds is 7. The molecule has 1 aromatic heterocycles. The second-order valence-corrected chi connectivity index (χ2v) is 11.3. The molecule has 0 spiro atoms. The zero-order valence-electron chi connectivity index (χ0n) is 22.1. The van der Waals surface area contributed by atoms with Crippen LogP contribution >= 0.6 is 46.1 Å². The number of ether oxygens (including phenoxy) is 3. The van der Waals surface area contributed by atoms with E-state index in [1.807, 2.05) is 30.3 Å². The zero-order chi connectivity index (χ0) is 29.3. The fraction of sp³-hybridized carbons (Fsp3) is 0.167. The molecule has 7 nitrogen and oxygen atoms in total. The number of hydrogen-bond donors (Lipinski definition) is 0. The highest BCUT2D eigenvalue weighted by Gasteiger charge is 2.35. The minimum Gasteiger partial charge on any atom is -0.496 e. The quantitative estimate of drug-likeness (QED) is 0.236. The van der Waals surface area contributed by atoms with Crippen molar-refractivity contribution in [1.82, 2.24) is 4.57 Å². The number of halogens is 3. The van der Waals surface area contributed by atoms with Crippen molar-refractivity contribution in [2.75, 3.05) is 14.2 Å². The first-order chi connectivity index (χ1) is 19.7. The fourth-order valence-corrected chi connectivity index (χ4v) is 6.11. The number of allylic oxidation sites excluding steroid dienone is 1. The maximum Gasteiger partial charge on any atom is 0.338 e. The molecule has 0 radical (unpaired) electrons. The van der Waals surface area contributed by atoms with Crippen molar-refractivity contribution in [1.29, 1.82) is 0 Å². The highest BCUT2D eigenvalue weighted by Crippen LogP contribution is 2.37. The minimum absolute atomic E-state index is 0.220. The van der Waals surface area contributed by atoms with E-state index in [1.165, 1.54) is 30.1 Å². The normalized spacial score (nSPS) is 14.9. The van der Waals surface area contributed by atoms with Crippen LogP contribution in [0.5, 0.6) is 11.5 Å². The second kappa shape index (κ2) is 12.1. The zero-order valence-corrected chi connectivity index (χ0v) is 25.2. The summed E-state index contributed by atoms with van der Waals surface area (Å²) in [7, 11) is 2.80. The monoisotopic (exact) mass is 628 g/mol. The topological polar surface area (TPSA) is 79.1 Å². The Kier molecular flexibility index (Phi) is 8.56. The third kappa shape index (κ3) is 5.78. The van der Waals surface area contributed by atoms with Crippen molar-refractivity contribution >= 4 is 58.2 Å². The number of aromatic nitrogens is 1. The lowest BCUT2D eigenvalue weighted by Gasteiger charge is -2.25. The molecule has 0 amide bonds. The molecule has 1 aliphatic rings. The summed E-state index contributed by atoms with van der Waals surface area (Å²) >= 11 is 19.7. The van der Waals surface area contributed by atoms with Gasteiger partial charge in [0.25, 0.3) is 5.56 Å². The van der Waals surface area contributed by atoms with Crippen LogP contribution in [0.1, 0.15) is 29.7 Å². The molecule has 0 bridgehead atoms. The van der Waals surface area contributed by atoms with E-state index in [-0.39, 0.29) is 17.7 Å². The van der Waals surface area contributed by atoms with Gasteiger partial charge in [-0.15, -0.1) is 0 Å². The van der Waals surface area contributed by atoms with Crippen LogP contribution < -0.4 is 24.4 Å². The van der Waals surface area contributed by atoms with E-state index in [0.717, 1.165) is 5.56 Å². The Morgan fingerprint density at radius 1 is 1.02 bits per heavy atom. The Labute approximate surface area is 254 Å². The molecule has 1 aliphatic heterocycles. The molecule has 11 heteroatoms. The summed E-state index contributed by atoms with van der Waals surface area (Å²) in [5, 5.41) is 1.33. The lowest BCUT2D eigenvalue weighted by molar-refractivity contribution is -0.136. The van der Waals surface area contributed by atoms with E-state index in [0.29, 0.717) is 52.7 Å². The smallest absolute Gasteiger partial charge is 0.338 e. The highest BCUT2D eigenvalue weighted by molar-refractivity contribution is 7.07. The summed E-state index contributed by atoms with van der Waals surface area (Å²) in [6.45, 7) is 1.96. The molecule has 0 saturated heterocycles. The molecular weight excluding hydrogens is 607 g/mol. The van der Waals surface area contributed by atoms with Crippen LogP contribution in [0.4, 0.5) is 0 Å². The number of methoxy groups -OCH3 is 2. The van der Waals surface area contributed by atoms with Gasteiger partial charge in [-0.2, -0.15) is 0 Å². The summed E-state index contributed by atoms with van der Waals surface area (Å²) in [5.74, 6) is 0.434. The first kappa shape index (κ1) is 29.0. The number of hydrogen-bond acceptors (Lipinski definition) is 7. The standard InChI is InChI=1S/C30H23Cl3N2O5S/c1-16-26(29(37)39-3)27(20-14-19(31)9-11-24(20)38-2)35-28(36)25(41-30(35)34-16)13-18-6-4-5-7-23(18)40-15-17-8-10-21(32)22(33)12-17/h4-14,27H,15H2,1-3H3/b25-13-/t27-/m0/s1. The van der Waals surface area contributed by atoms with E-state index in [4.69, 9.17) is 49.0 Å². The maximum atomic E-state index is 14.0. The molecule has 3 aromatic carbocycles. The van der Waals surface area contributed by atoms with Crippen LogP contribution in [0.2, 0.25) is 15.1 Å². The van der Waals surface area contributed by atoms with Crippen LogP contribution in [0.3, 0.4) is 0 Å². The van der Waals surface area contributed by atoms with Gasteiger partial charge in [-0.25, -0.2) is 9.79 Å². The summed E-state index contributed by atoms with van der Waals surface area (Å²) < 4.78 is 18.6. The number of para-hydroxylation sites is 1. The van der Waals surface area contributed by atoms with Gasteiger partial charge in [0.15, 0.2) is 4.80 Å². The van der Waals surface area contributed by atoms with E-state index >= 15 is 0 Å². The van der Waals surface area contributed by atoms with Crippen LogP contribution in [-0.4, -0.2) is 24.8 Å². The van der Waals surface area contributed by atoms with Crippen LogP contribution in [-0.2, 0) is 16.1 Å². The van der Waals surface area contributed by atoms with Gasteiger partial charge in [0.05, 0.1) is 40.1 Å². The number of nitrogens with zero attached hydrogens (tertiary/aromatic N) is 2. The fourth-order valence-electron chi connectivity index (χ4n) is 4.57. The average molecular weight is 630 g/mol. The molecular formula is C30H23Cl3N2O5S. The molecule has 0 N–H and O–H groups in total. The summed E-state index contributed by atoms with van der Waals surface area (Å²) in [4.78, 5) is 32.0. The Morgan fingerprint density at radius 2 is 1.80 bits per heavy atom. The lowest BCUT2D eigenvalue weighted by Crippen LogP contribution is -2.40. The number of benzene rings is 3. The largest absolute Gasteiger partial charge is 0.496 e. The summed E-state index contributed by atoms with van der Waals surface area (Å²) in [5.41, 5.74) is 2.38. The van der Waals surface area contributed by atoms with Gasteiger partial charge in [-0.05, 0) is 55.0 Å². The lowest BCUT2D eigenvalue weighted by atomic mass is 9.95. The molecule has 0 fully saturated rings. The van der Waals surface area contributed by atoms with Gasteiger partial charge >= 0.3 is 5.97 Å². The predicted molar refractivity (Wildman–Crippen MR) is 161 cm³/mol. The highest BCUT2D eigenvalue weighted by atomic mass is 35.5. The molecule has 41 heavy (non-hydrogen) atoms. The number of thiazole rings is 1. The first-order valence-corrected chi connectivity index (χ1v) is 14.3. The van der Waals surface area contributed by atoms with Crippen molar-refractivity contribution in [3.63, 3.8) is 0 Å². The van der Waals surface area contributed by atoms with Crippen LogP contribution in [0, 0.1) is 0 Å². The molecule has 4 aromatic rings. The number of carbonyl (C=O) groups is 1.